The molecule has 0 saturated heterocycles. The molecule has 0 amide bonds. The average molecular weight is 389 g/mol. The topological polar surface area (TPSA) is 43.4 Å². The Labute approximate surface area is 162 Å². The highest BCUT2D eigenvalue weighted by Gasteiger charge is 2.21. The minimum atomic E-state index is 0.517. The van der Waals surface area contributed by atoms with Crippen molar-refractivity contribution in [3.8, 4) is 11.5 Å². The van der Waals surface area contributed by atoms with Gasteiger partial charge in [-0.25, -0.2) is 0 Å². The lowest BCUT2D eigenvalue weighted by Crippen LogP contribution is -2.02. The molecule has 6 heteroatoms. The second kappa shape index (κ2) is 6.86. The number of anilines is 2. The van der Waals surface area contributed by atoms with Crippen LogP contribution in [0, 0.1) is 0 Å². The zero-order valence-electron chi connectivity index (χ0n) is 14.5. The van der Waals surface area contributed by atoms with E-state index in [0.717, 1.165) is 47.2 Å². The Kier molecular flexibility index (Phi) is 4.55. The molecule has 0 bridgehead atoms. The molecule has 0 unspecified atom stereocenters. The number of methoxy groups -OCH3 is 2. The number of rotatable bonds is 4. The Morgan fingerprint density at radius 1 is 1.00 bits per heavy atom. The summed E-state index contributed by atoms with van der Waals surface area (Å²) in [6.07, 6.45) is 3.07. The average Bonchev–Trinajstić information content (AvgIpc) is 3.10. The zero-order chi connectivity index (χ0) is 18.3. The highest BCUT2D eigenvalue weighted by atomic mass is 35.5. The third-order valence-electron chi connectivity index (χ3n) is 4.71. The molecule has 2 aromatic carbocycles. The van der Waals surface area contributed by atoms with Crippen LogP contribution in [0.2, 0.25) is 10.0 Å². The van der Waals surface area contributed by atoms with Crippen LogP contribution in [0.1, 0.15) is 17.7 Å². The van der Waals surface area contributed by atoms with E-state index >= 15 is 0 Å². The molecular weight excluding hydrogens is 371 g/mol. The quantitative estimate of drug-likeness (QED) is 0.613. The normalized spacial score (nSPS) is 12.9. The van der Waals surface area contributed by atoms with Crippen molar-refractivity contribution in [1.29, 1.82) is 0 Å². The molecule has 0 fully saturated rings. The summed E-state index contributed by atoms with van der Waals surface area (Å²) in [5.41, 5.74) is 5.09. The first-order chi connectivity index (χ1) is 12.6. The summed E-state index contributed by atoms with van der Waals surface area (Å²) in [7, 11) is 3.21. The monoisotopic (exact) mass is 388 g/mol. The van der Waals surface area contributed by atoms with Gasteiger partial charge < -0.3 is 14.8 Å². The van der Waals surface area contributed by atoms with Crippen LogP contribution >= 0.6 is 23.2 Å². The van der Waals surface area contributed by atoms with Gasteiger partial charge in [-0.1, -0.05) is 23.2 Å². The molecule has 4 nitrogen and oxygen atoms in total. The smallest absolute Gasteiger partial charge is 0.146 e. The number of pyridine rings is 1. The Bertz CT molecular complexity index is 1010. The lowest BCUT2D eigenvalue weighted by Gasteiger charge is -2.18. The number of hydrogen-bond acceptors (Lipinski definition) is 4. The van der Waals surface area contributed by atoms with Gasteiger partial charge in [0.15, 0.2) is 0 Å². The van der Waals surface area contributed by atoms with Gasteiger partial charge in [-0.05, 0) is 49.1 Å². The van der Waals surface area contributed by atoms with Crippen LogP contribution < -0.4 is 14.8 Å². The fraction of sp³-hybridized carbons (Fsp3) is 0.250. The summed E-state index contributed by atoms with van der Waals surface area (Å²) >= 11 is 12.6. The maximum atomic E-state index is 6.33. The van der Waals surface area contributed by atoms with Gasteiger partial charge in [-0.15, -0.1) is 0 Å². The van der Waals surface area contributed by atoms with Gasteiger partial charge in [0.05, 0.1) is 36.1 Å². The molecule has 1 aromatic heterocycles. The minimum Gasteiger partial charge on any atom is -0.495 e. The number of hydrogen-bond donors (Lipinski definition) is 1. The highest BCUT2D eigenvalue weighted by Crippen LogP contribution is 2.41. The van der Waals surface area contributed by atoms with Crippen LogP contribution in [-0.4, -0.2) is 19.2 Å². The predicted molar refractivity (Wildman–Crippen MR) is 107 cm³/mol. The summed E-state index contributed by atoms with van der Waals surface area (Å²) < 4.78 is 10.8. The fourth-order valence-electron chi connectivity index (χ4n) is 3.47. The molecule has 0 radical (unpaired) electrons. The number of aromatic nitrogens is 1. The lowest BCUT2D eigenvalue weighted by atomic mass is 10.1. The van der Waals surface area contributed by atoms with Crippen LogP contribution in [0.15, 0.2) is 30.3 Å². The van der Waals surface area contributed by atoms with Crippen LogP contribution in [-0.2, 0) is 12.8 Å². The molecule has 1 heterocycles. The number of fused-ring (bicyclic) bond motifs is 2. The van der Waals surface area contributed by atoms with Gasteiger partial charge in [0.1, 0.15) is 11.5 Å². The van der Waals surface area contributed by atoms with E-state index in [-0.39, 0.29) is 0 Å². The third kappa shape index (κ3) is 2.93. The molecule has 0 saturated carbocycles. The van der Waals surface area contributed by atoms with Gasteiger partial charge in [0.25, 0.3) is 0 Å². The molecule has 1 N–H and O–H groups in total. The van der Waals surface area contributed by atoms with Crippen molar-refractivity contribution in [1.82, 2.24) is 4.98 Å². The van der Waals surface area contributed by atoms with E-state index in [4.69, 9.17) is 37.7 Å². The van der Waals surface area contributed by atoms with Gasteiger partial charge in [0, 0.05) is 22.2 Å². The Morgan fingerprint density at radius 3 is 2.58 bits per heavy atom. The first kappa shape index (κ1) is 17.3. The van der Waals surface area contributed by atoms with Crippen LogP contribution in [0.4, 0.5) is 11.4 Å². The van der Waals surface area contributed by atoms with E-state index in [0.29, 0.717) is 21.5 Å². The minimum absolute atomic E-state index is 0.517. The SMILES string of the molecule is COc1cc(OC)c(Nc2c3c(nc4ccc(Cl)cc24)CCC3)cc1Cl. The zero-order valence-corrected chi connectivity index (χ0v) is 16.0. The number of ether oxygens (including phenoxy) is 2. The summed E-state index contributed by atoms with van der Waals surface area (Å²) in [6, 6.07) is 9.37. The van der Waals surface area contributed by atoms with Crippen LogP contribution in [0.25, 0.3) is 10.9 Å². The van der Waals surface area contributed by atoms with Crippen molar-refractivity contribution in [3.05, 3.63) is 51.6 Å². The van der Waals surface area contributed by atoms with Gasteiger partial charge in [-0.2, -0.15) is 0 Å². The summed E-state index contributed by atoms with van der Waals surface area (Å²) in [5, 5.41) is 5.71. The van der Waals surface area contributed by atoms with Crippen molar-refractivity contribution < 1.29 is 9.47 Å². The molecule has 1 aliphatic rings. The molecule has 1 aliphatic carbocycles. The maximum absolute atomic E-state index is 6.33. The van der Waals surface area contributed by atoms with Crippen LogP contribution in [0.3, 0.4) is 0 Å². The lowest BCUT2D eigenvalue weighted by molar-refractivity contribution is 0.396. The Morgan fingerprint density at radius 2 is 1.81 bits per heavy atom. The Hall–Kier alpha value is -2.17. The van der Waals surface area contributed by atoms with E-state index < -0.39 is 0 Å². The van der Waals surface area contributed by atoms with Crippen molar-refractivity contribution in [2.45, 2.75) is 19.3 Å². The first-order valence-electron chi connectivity index (χ1n) is 8.40. The van der Waals surface area contributed by atoms with E-state index in [9.17, 15) is 0 Å². The summed E-state index contributed by atoms with van der Waals surface area (Å²) in [6.45, 7) is 0. The number of nitrogens with zero attached hydrogens (tertiary/aromatic N) is 1. The largest absolute Gasteiger partial charge is 0.495 e. The third-order valence-corrected chi connectivity index (χ3v) is 5.24. The standard InChI is InChI=1S/C20H18Cl2N2O2/c1-25-18-10-19(26-2)17(9-14(18)22)24-20-12-4-3-5-15(12)23-16-7-6-11(21)8-13(16)20/h6-10H,3-5H2,1-2H3,(H,23,24). The molecule has 134 valence electrons. The van der Waals surface area contributed by atoms with E-state index in [2.05, 4.69) is 5.32 Å². The van der Waals surface area contributed by atoms with Crippen molar-refractivity contribution in [2.24, 2.45) is 0 Å². The highest BCUT2D eigenvalue weighted by molar-refractivity contribution is 6.32. The number of benzene rings is 2. The summed E-state index contributed by atoms with van der Waals surface area (Å²) in [4.78, 5) is 4.81. The fourth-order valence-corrected chi connectivity index (χ4v) is 3.88. The molecule has 3 aromatic rings. The molecule has 4 rings (SSSR count). The molecule has 0 spiro atoms. The van der Waals surface area contributed by atoms with E-state index in [1.807, 2.05) is 24.3 Å². The van der Waals surface area contributed by atoms with Gasteiger partial charge >= 0.3 is 0 Å². The molecule has 0 aliphatic heterocycles. The van der Waals surface area contributed by atoms with E-state index in [1.165, 1.54) is 5.56 Å². The second-order valence-electron chi connectivity index (χ2n) is 6.24. The predicted octanol–water partition coefficient (Wildman–Crippen LogP) is 5.79. The number of halogens is 2. The van der Waals surface area contributed by atoms with Crippen LogP contribution in [0.5, 0.6) is 11.5 Å². The molecule has 26 heavy (non-hydrogen) atoms. The number of nitrogens with one attached hydrogen (secondary N) is 1. The van der Waals surface area contributed by atoms with Gasteiger partial charge in [0.2, 0.25) is 0 Å². The number of aryl methyl sites for hydroxylation is 1. The van der Waals surface area contributed by atoms with Gasteiger partial charge in [-0.3, -0.25) is 4.98 Å². The van der Waals surface area contributed by atoms with Crippen molar-refractivity contribution >= 4 is 45.5 Å². The van der Waals surface area contributed by atoms with Crippen molar-refractivity contribution in [2.75, 3.05) is 19.5 Å². The molecule has 0 atom stereocenters. The summed E-state index contributed by atoms with van der Waals surface area (Å²) in [5.74, 6) is 1.23. The maximum Gasteiger partial charge on any atom is 0.146 e. The first-order valence-corrected chi connectivity index (χ1v) is 9.16. The van der Waals surface area contributed by atoms with Crippen molar-refractivity contribution in [3.63, 3.8) is 0 Å². The molecular formula is C20H18Cl2N2O2. The van der Waals surface area contributed by atoms with E-state index in [1.54, 1.807) is 20.3 Å². The Balaban J connectivity index is 1.90. The second-order valence-corrected chi connectivity index (χ2v) is 7.08.